The Hall–Kier alpha value is -1.45. The minimum atomic E-state index is -0.868. The molecule has 22 heavy (non-hydrogen) atoms. The Morgan fingerprint density at radius 3 is 2.77 bits per heavy atom. The lowest BCUT2D eigenvalue weighted by Crippen LogP contribution is -2.42. The Morgan fingerprint density at radius 2 is 2.00 bits per heavy atom. The van der Waals surface area contributed by atoms with Crippen molar-refractivity contribution in [2.75, 3.05) is 0 Å². The number of benzene rings is 1. The molecule has 2 fully saturated rings. The van der Waals surface area contributed by atoms with Gasteiger partial charge in [-0.15, -0.1) is 0 Å². The maximum Gasteiger partial charge on any atom is 0.188 e. The highest BCUT2D eigenvalue weighted by atomic mass is 19.1. The summed E-state index contributed by atoms with van der Waals surface area (Å²) in [4.78, 5) is 12.3. The average Bonchev–Trinajstić information content (AvgIpc) is 2.80. The van der Waals surface area contributed by atoms with Gasteiger partial charge >= 0.3 is 0 Å². The largest absolute Gasteiger partial charge is 0.503 e. The van der Waals surface area contributed by atoms with Crippen LogP contribution in [0, 0.1) is 28.9 Å². The van der Waals surface area contributed by atoms with Crippen LogP contribution in [0.4, 0.5) is 8.78 Å². The van der Waals surface area contributed by atoms with Crippen molar-refractivity contribution >= 4 is 5.78 Å². The first kappa shape index (κ1) is 14.2. The first-order valence-corrected chi connectivity index (χ1v) is 8.16. The van der Waals surface area contributed by atoms with Gasteiger partial charge in [0.1, 0.15) is 5.78 Å². The van der Waals surface area contributed by atoms with Crippen LogP contribution in [0.5, 0.6) is 5.75 Å². The molecule has 1 aromatic rings. The van der Waals surface area contributed by atoms with Gasteiger partial charge in [-0.1, -0.05) is 6.92 Å². The van der Waals surface area contributed by atoms with E-state index in [0.29, 0.717) is 36.0 Å². The number of ketones is 1. The van der Waals surface area contributed by atoms with Gasteiger partial charge in [-0.05, 0) is 67.1 Å². The van der Waals surface area contributed by atoms with Crippen molar-refractivity contribution in [3.63, 3.8) is 0 Å². The van der Waals surface area contributed by atoms with Gasteiger partial charge in [0.05, 0.1) is 0 Å². The molecule has 2 nitrogen and oxygen atoms in total. The molecule has 3 aliphatic carbocycles. The average molecular weight is 306 g/mol. The summed E-state index contributed by atoms with van der Waals surface area (Å²) in [5.41, 5.74) is 0.977. The summed E-state index contributed by atoms with van der Waals surface area (Å²) < 4.78 is 28.0. The topological polar surface area (TPSA) is 37.3 Å². The number of aromatic hydroxyl groups is 1. The lowest BCUT2D eigenvalue weighted by molar-refractivity contribution is -0.129. The SMILES string of the molecule is C[C@]12CC[C@@H]3c4cc(F)c(O)c(F)c4CC[C@H]3[C@@H]1CCC2=O. The van der Waals surface area contributed by atoms with E-state index in [1.807, 2.05) is 0 Å². The molecule has 0 spiro atoms. The fraction of sp³-hybridized carbons (Fsp3) is 0.611. The normalized spacial score (nSPS) is 36.7. The molecule has 0 unspecified atom stereocenters. The molecular formula is C18H20F2O2. The van der Waals surface area contributed by atoms with Crippen LogP contribution in [0.1, 0.15) is 56.1 Å². The van der Waals surface area contributed by atoms with Gasteiger partial charge in [-0.2, -0.15) is 0 Å². The van der Waals surface area contributed by atoms with Gasteiger partial charge in [0.2, 0.25) is 0 Å². The first-order chi connectivity index (χ1) is 10.4. The molecule has 4 heteroatoms. The zero-order valence-electron chi connectivity index (χ0n) is 12.7. The molecule has 2 saturated carbocycles. The number of rotatable bonds is 0. The predicted molar refractivity (Wildman–Crippen MR) is 77.6 cm³/mol. The van der Waals surface area contributed by atoms with E-state index in [-0.39, 0.29) is 11.3 Å². The maximum atomic E-state index is 14.2. The van der Waals surface area contributed by atoms with Crippen molar-refractivity contribution in [2.45, 2.75) is 51.4 Å². The van der Waals surface area contributed by atoms with E-state index in [2.05, 4.69) is 6.92 Å². The minimum Gasteiger partial charge on any atom is -0.503 e. The van der Waals surface area contributed by atoms with Crippen molar-refractivity contribution in [1.29, 1.82) is 0 Å². The van der Waals surface area contributed by atoms with Crippen LogP contribution in [-0.2, 0) is 11.2 Å². The molecular weight excluding hydrogens is 286 g/mol. The van der Waals surface area contributed by atoms with Crippen LogP contribution < -0.4 is 0 Å². The minimum absolute atomic E-state index is 0.123. The second kappa shape index (κ2) is 4.53. The summed E-state index contributed by atoms with van der Waals surface area (Å²) in [6.45, 7) is 2.08. The Labute approximate surface area is 128 Å². The van der Waals surface area contributed by atoms with Gasteiger partial charge in [0.15, 0.2) is 17.4 Å². The number of phenols is 1. The van der Waals surface area contributed by atoms with Gasteiger partial charge < -0.3 is 5.11 Å². The third-order valence-corrected chi connectivity index (χ3v) is 6.60. The summed E-state index contributed by atoms with van der Waals surface area (Å²) >= 11 is 0. The molecule has 1 aromatic carbocycles. The molecule has 0 aromatic heterocycles. The van der Waals surface area contributed by atoms with Crippen LogP contribution in [0.2, 0.25) is 0 Å². The Kier molecular flexibility index (Phi) is 2.91. The molecule has 0 bridgehead atoms. The highest BCUT2D eigenvalue weighted by Gasteiger charge is 2.54. The predicted octanol–water partition coefficient (Wildman–Crippen LogP) is 4.10. The lowest BCUT2D eigenvalue weighted by atomic mass is 9.55. The van der Waals surface area contributed by atoms with E-state index in [1.54, 1.807) is 0 Å². The van der Waals surface area contributed by atoms with Crippen LogP contribution in [0.15, 0.2) is 6.07 Å². The van der Waals surface area contributed by atoms with E-state index in [4.69, 9.17) is 0 Å². The summed E-state index contributed by atoms with van der Waals surface area (Å²) in [5, 5.41) is 9.49. The van der Waals surface area contributed by atoms with Crippen LogP contribution in [0.3, 0.4) is 0 Å². The molecule has 0 amide bonds. The fourth-order valence-electron chi connectivity index (χ4n) is 5.41. The Balaban J connectivity index is 1.78. The summed E-state index contributed by atoms with van der Waals surface area (Å²) in [6, 6.07) is 1.32. The molecule has 0 heterocycles. The van der Waals surface area contributed by atoms with E-state index < -0.39 is 17.4 Å². The summed E-state index contributed by atoms with van der Waals surface area (Å²) in [6.07, 6.45) is 4.52. The van der Waals surface area contributed by atoms with Crippen molar-refractivity contribution < 1.29 is 18.7 Å². The molecule has 0 radical (unpaired) electrons. The standard InChI is InChI=1S/C18H20F2O2/c1-18-7-6-9-10(13(18)4-5-15(18)21)2-3-11-12(9)8-14(19)17(22)16(11)20/h8-10,13,22H,2-7H2,1H3/t9-,10+,13-,18-/m0/s1. The number of phenolic OH excluding ortho intramolecular Hbond substituents is 1. The number of carbonyl (C=O) groups excluding carboxylic acids is 1. The number of halogens is 2. The second-order valence-corrected chi connectivity index (χ2v) is 7.42. The van der Waals surface area contributed by atoms with Crippen molar-refractivity contribution in [2.24, 2.45) is 17.3 Å². The quantitative estimate of drug-likeness (QED) is 0.783. The first-order valence-electron chi connectivity index (χ1n) is 8.16. The third-order valence-electron chi connectivity index (χ3n) is 6.60. The molecule has 4 rings (SSSR count). The number of hydrogen-bond acceptors (Lipinski definition) is 2. The molecule has 0 saturated heterocycles. The van der Waals surface area contributed by atoms with Crippen LogP contribution in [0.25, 0.3) is 0 Å². The molecule has 0 aliphatic heterocycles. The molecule has 3 aliphatic rings. The van der Waals surface area contributed by atoms with E-state index >= 15 is 0 Å². The summed E-state index contributed by atoms with van der Waals surface area (Å²) in [7, 11) is 0. The number of carbonyl (C=O) groups is 1. The van der Waals surface area contributed by atoms with Gasteiger partial charge in [0.25, 0.3) is 0 Å². The van der Waals surface area contributed by atoms with Crippen molar-refractivity contribution in [3.8, 4) is 5.75 Å². The van der Waals surface area contributed by atoms with Gasteiger partial charge in [-0.25, -0.2) is 8.78 Å². The molecule has 4 atom stereocenters. The second-order valence-electron chi connectivity index (χ2n) is 7.42. The molecule has 118 valence electrons. The van der Waals surface area contributed by atoms with Crippen LogP contribution >= 0.6 is 0 Å². The number of hydrogen-bond donors (Lipinski definition) is 1. The van der Waals surface area contributed by atoms with Gasteiger partial charge in [-0.3, -0.25) is 4.79 Å². The van der Waals surface area contributed by atoms with E-state index in [0.717, 1.165) is 31.2 Å². The van der Waals surface area contributed by atoms with Crippen LogP contribution in [-0.4, -0.2) is 10.9 Å². The monoisotopic (exact) mass is 306 g/mol. The summed E-state index contributed by atoms with van der Waals surface area (Å²) in [5.74, 6) is -1.35. The number of Topliss-reactive ketones (excluding diaryl/α,β-unsaturated/α-hetero) is 1. The number of fused-ring (bicyclic) bond motifs is 5. The van der Waals surface area contributed by atoms with E-state index in [1.165, 1.54) is 6.07 Å². The van der Waals surface area contributed by atoms with Crippen molar-refractivity contribution in [1.82, 2.24) is 0 Å². The van der Waals surface area contributed by atoms with E-state index in [9.17, 15) is 18.7 Å². The van der Waals surface area contributed by atoms with Crippen molar-refractivity contribution in [3.05, 3.63) is 28.8 Å². The fourth-order valence-corrected chi connectivity index (χ4v) is 5.41. The molecule has 1 N–H and O–H groups in total. The Bertz CT molecular complexity index is 670. The Morgan fingerprint density at radius 1 is 1.23 bits per heavy atom. The third kappa shape index (κ3) is 1.67. The highest BCUT2D eigenvalue weighted by Crippen LogP contribution is 2.59. The smallest absolute Gasteiger partial charge is 0.188 e. The maximum absolute atomic E-state index is 14.2. The lowest BCUT2D eigenvalue weighted by Gasteiger charge is -2.48. The zero-order chi connectivity index (χ0) is 15.6. The van der Waals surface area contributed by atoms with Gasteiger partial charge in [0, 0.05) is 11.8 Å². The zero-order valence-corrected chi connectivity index (χ0v) is 12.7. The highest BCUT2D eigenvalue weighted by molar-refractivity contribution is 5.87.